The Kier molecular flexibility index (Phi) is 10.1. The normalized spacial score (nSPS) is 6.78. The molecule has 0 aromatic rings. The maximum atomic E-state index is 3.77. The molecule has 0 amide bonds. The molecule has 0 spiro atoms. The van der Waals surface area contributed by atoms with Gasteiger partial charge in [-0.15, -0.1) is 12.6 Å². The van der Waals surface area contributed by atoms with E-state index in [0.717, 1.165) is 4.91 Å². The van der Waals surface area contributed by atoms with Gasteiger partial charge in [0.2, 0.25) is 0 Å². The molecule has 1 heteroatoms. The number of rotatable bonds is 0. The number of thiol groups is 1. The number of hydrogen-bond donors (Lipinski definition) is 1. The molecule has 0 saturated heterocycles. The van der Waals surface area contributed by atoms with E-state index in [9.17, 15) is 0 Å². The third kappa shape index (κ3) is 79.5. The first-order chi connectivity index (χ1) is 4.00. The van der Waals surface area contributed by atoms with Gasteiger partial charge in [-0.05, 0) is 32.6 Å². The van der Waals surface area contributed by atoms with E-state index in [1.54, 1.807) is 0 Å². The zero-order valence-corrected chi connectivity index (χ0v) is 7.63. The fourth-order valence-electron chi connectivity index (χ4n) is 0. The van der Waals surface area contributed by atoms with Crippen LogP contribution < -0.4 is 0 Å². The van der Waals surface area contributed by atoms with E-state index in [0.29, 0.717) is 0 Å². The zero-order valence-electron chi connectivity index (χ0n) is 6.73. The van der Waals surface area contributed by atoms with Crippen LogP contribution in [0.5, 0.6) is 0 Å². The van der Waals surface area contributed by atoms with Crippen molar-refractivity contribution in [2.75, 3.05) is 0 Å². The highest BCUT2D eigenvalue weighted by Gasteiger charge is 1.60. The largest absolute Gasteiger partial charge is 0.149 e. The van der Waals surface area contributed by atoms with Gasteiger partial charge in [0, 0.05) is 0 Å². The Labute approximate surface area is 64.1 Å². The summed E-state index contributed by atoms with van der Waals surface area (Å²) in [6, 6.07) is 0. The Morgan fingerprint density at radius 2 is 1.44 bits per heavy atom. The molecule has 0 unspecified atom stereocenters. The van der Waals surface area contributed by atoms with E-state index < -0.39 is 0 Å². The van der Waals surface area contributed by atoms with E-state index in [1.807, 2.05) is 13.8 Å². The van der Waals surface area contributed by atoms with E-state index >= 15 is 0 Å². The van der Waals surface area contributed by atoms with Gasteiger partial charge in [-0.25, -0.2) is 0 Å². The summed E-state index contributed by atoms with van der Waals surface area (Å²) in [7, 11) is 0. The summed E-state index contributed by atoms with van der Waals surface area (Å²) in [6.45, 7) is 11.5. The lowest BCUT2D eigenvalue weighted by Crippen LogP contribution is -1.52. The van der Waals surface area contributed by atoms with E-state index in [-0.39, 0.29) is 0 Å². The number of allylic oxidation sites excluding steroid dienone is 3. The van der Waals surface area contributed by atoms with Crippen LogP contribution in [0.25, 0.3) is 0 Å². The summed E-state index contributed by atoms with van der Waals surface area (Å²) in [5, 5.41) is 0. The monoisotopic (exact) mass is 144 g/mol. The van der Waals surface area contributed by atoms with Crippen LogP contribution in [0.2, 0.25) is 0 Å². The van der Waals surface area contributed by atoms with Crippen molar-refractivity contribution in [1.82, 2.24) is 0 Å². The summed E-state index contributed by atoms with van der Waals surface area (Å²) in [6.07, 6.45) is 2.08. The van der Waals surface area contributed by atoms with Crippen LogP contribution in [0.1, 0.15) is 27.7 Å². The molecule has 0 aromatic heterocycles. The van der Waals surface area contributed by atoms with Crippen molar-refractivity contribution in [2.24, 2.45) is 0 Å². The van der Waals surface area contributed by atoms with Crippen molar-refractivity contribution in [3.63, 3.8) is 0 Å². The van der Waals surface area contributed by atoms with Crippen LogP contribution in [-0.4, -0.2) is 0 Å². The molecule has 0 radical (unpaired) electrons. The van der Waals surface area contributed by atoms with Gasteiger partial charge in [0.15, 0.2) is 0 Å². The minimum absolute atomic E-state index is 0.861. The van der Waals surface area contributed by atoms with Crippen LogP contribution in [0.15, 0.2) is 23.1 Å². The van der Waals surface area contributed by atoms with Crippen LogP contribution in [-0.2, 0) is 0 Å². The topological polar surface area (TPSA) is 0 Å². The minimum atomic E-state index is 0.861. The average molecular weight is 144 g/mol. The molecule has 0 heterocycles. The second kappa shape index (κ2) is 7.83. The second-order valence-corrected chi connectivity index (χ2v) is 2.86. The van der Waals surface area contributed by atoms with Crippen LogP contribution in [0.4, 0.5) is 0 Å². The maximum Gasteiger partial charge on any atom is -0.0287 e. The Bertz CT molecular complexity index is 93.1. The predicted molar refractivity (Wildman–Crippen MR) is 48.9 cm³/mol. The highest BCUT2D eigenvalue weighted by atomic mass is 32.1. The summed E-state index contributed by atoms with van der Waals surface area (Å²) >= 11 is 3.77. The molecule has 54 valence electrons. The third-order valence-corrected chi connectivity index (χ3v) is 0.577. The van der Waals surface area contributed by atoms with Gasteiger partial charge in [-0.3, -0.25) is 0 Å². The van der Waals surface area contributed by atoms with Crippen molar-refractivity contribution in [3.05, 3.63) is 23.1 Å². The first kappa shape index (κ1) is 11.6. The van der Waals surface area contributed by atoms with E-state index in [4.69, 9.17) is 0 Å². The average Bonchev–Trinajstić information content (AvgIpc) is 1.65. The SMILES string of the molecule is C=C(C)S.CC=C(C)C. The van der Waals surface area contributed by atoms with Crippen molar-refractivity contribution in [3.8, 4) is 0 Å². The molecule has 0 aliphatic heterocycles. The van der Waals surface area contributed by atoms with Gasteiger partial charge < -0.3 is 0 Å². The third-order valence-electron chi connectivity index (χ3n) is 0.577. The Morgan fingerprint density at radius 1 is 1.33 bits per heavy atom. The second-order valence-electron chi connectivity index (χ2n) is 2.10. The lowest BCUT2D eigenvalue weighted by atomic mass is 10.3. The minimum Gasteiger partial charge on any atom is -0.149 e. The molecule has 0 saturated carbocycles. The van der Waals surface area contributed by atoms with Crippen LogP contribution >= 0.6 is 12.6 Å². The smallest absolute Gasteiger partial charge is 0.0287 e. The van der Waals surface area contributed by atoms with Crippen molar-refractivity contribution >= 4 is 12.6 Å². The van der Waals surface area contributed by atoms with Gasteiger partial charge in [0.1, 0.15) is 0 Å². The molecule has 0 fully saturated rings. The van der Waals surface area contributed by atoms with Gasteiger partial charge >= 0.3 is 0 Å². The quantitative estimate of drug-likeness (QED) is 0.391. The summed E-state index contributed by atoms with van der Waals surface area (Å²) in [5.41, 5.74) is 1.38. The van der Waals surface area contributed by atoms with Gasteiger partial charge in [0.25, 0.3) is 0 Å². The fraction of sp³-hybridized carbons (Fsp3) is 0.500. The Hall–Kier alpha value is -0.170. The number of hydrogen-bond acceptors (Lipinski definition) is 1. The molecular weight excluding hydrogens is 128 g/mol. The molecule has 0 atom stereocenters. The molecule has 0 aliphatic carbocycles. The molecule has 0 bridgehead atoms. The zero-order chi connectivity index (χ0) is 7.86. The van der Waals surface area contributed by atoms with E-state index in [1.165, 1.54) is 5.57 Å². The first-order valence-corrected chi connectivity index (χ1v) is 3.39. The van der Waals surface area contributed by atoms with E-state index in [2.05, 4.69) is 39.1 Å². The summed E-state index contributed by atoms with van der Waals surface area (Å²) < 4.78 is 0. The lowest BCUT2D eigenvalue weighted by Gasteiger charge is -1.74. The summed E-state index contributed by atoms with van der Waals surface area (Å²) in [4.78, 5) is 0.861. The maximum absolute atomic E-state index is 3.77. The van der Waals surface area contributed by atoms with Crippen molar-refractivity contribution < 1.29 is 0 Å². The molecule has 0 nitrogen and oxygen atoms in total. The molecule has 0 rings (SSSR count). The van der Waals surface area contributed by atoms with Crippen LogP contribution in [0, 0.1) is 0 Å². The first-order valence-electron chi connectivity index (χ1n) is 2.94. The molecule has 9 heavy (non-hydrogen) atoms. The van der Waals surface area contributed by atoms with Gasteiger partial charge in [-0.2, -0.15) is 0 Å². The summed E-state index contributed by atoms with van der Waals surface area (Å²) in [5.74, 6) is 0. The lowest BCUT2D eigenvalue weighted by molar-refractivity contribution is 1.36. The highest BCUT2D eigenvalue weighted by Crippen LogP contribution is 1.86. The Balaban J connectivity index is 0. The van der Waals surface area contributed by atoms with Gasteiger partial charge in [0.05, 0.1) is 0 Å². The van der Waals surface area contributed by atoms with Crippen LogP contribution in [0.3, 0.4) is 0 Å². The predicted octanol–water partition coefficient (Wildman–Crippen LogP) is 3.42. The molecule has 0 N–H and O–H groups in total. The molecule has 0 aromatic carbocycles. The van der Waals surface area contributed by atoms with Crippen molar-refractivity contribution in [2.45, 2.75) is 27.7 Å². The fourth-order valence-corrected chi connectivity index (χ4v) is 0. The molecule has 0 aliphatic rings. The van der Waals surface area contributed by atoms with Crippen molar-refractivity contribution in [1.29, 1.82) is 0 Å². The van der Waals surface area contributed by atoms with Gasteiger partial charge in [-0.1, -0.05) is 18.2 Å². The molecular formula is C8H16S. The highest BCUT2D eigenvalue weighted by molar-refractivity contribution is 7.84. The standard InChI is InChI=1S/C5H10.C3H6S/c1-4-5(2)3;1-3(2)4/h4H,1-3H3;4H,1H2,2H3. The Morgan fingerprint density at radius 3 is 1.44 bits per heavy atom.